The van der Waals surface area contributed by atoms with Gasteiger partial charge in [-0.2, -0.15) is 0 Å². The molecule has 1 fully saturated rings. The predicted octanol–water partition coefficient (Wildman–Crippen LogP) is 1.54. The molecular formula is C12H22N4OS. The van der Waals surface area contributed by atoms with Crippen LogP contribution in [0.2, 0.25) is 0 Å². The molecule has 0 radical (unpaired) electrons. The van der Waals surface area contributed by atoms with Crippen molar-refractivity contribution in [2.75, 3.05) is 0 Å². The van der Waals surface area contributed by atoms with Crippen molar-refractivity contribution in [3.63, 3.8) is 0 Å². The molecule has 2 rings (SSSR count). The Morgan fingerprint density at radius 3 is 2.83 bits per heavy atom. The van der Waals surface area contributed by atoms with E-state index in [4.69, 9.17) is 5.73 Å². The lowest BCUT2D eigenvalue weighted by molar-refractivity contribution is 0.163. The van der Waals surface area contributed by atoms with Gasteiger partial charge in [0.05, 0.1) is 12.6 Å². The lowest BCUT2D eigenvalue weighted by atomic mass is 10.1. The zero-order valence-electron chi connectivity index (χ0n) is 10.9. The maximum atomic E-state index is 10.1. The molecule has 2 atom stereocenters. The van der Waals surface area contributed by atoms with E-state index in [-0.39, 0.29) is 11.4 Å². The van der Waals surface area contributed by atoms with E-state index in [0.29, 0.717) is 6.54 Å². The summed E-state index contributed by atoms with van der Waals surface area (Å²) >= 11 is 1.66. The summed E-state index contributed by atoms with van der Waals surface area (Å²) in [6.07, 6.45) is 5.29. The predicted molar refractivity (Wildman–Crippen MR) is 72.3 cm³/mol. The quantitative estimate of drug-likeness (QED) is 0.812. The Bertz CT molecular complexity index is 382. The van der Waals surface area contributed by atoms with E-state index >= 15 is 0 Å². The average molecular weight is 270 g/mol. The Morgan fingerprint density at radius 2 is 2.11 bits per heavy atom. The molecule has 102 valence electrons. The number of rotatable bonds is 4. The van der Waals surface area contributed by atoms with Gasteiger partial charge in [-0.25, -0.2) is 0 Å². The van der Waals surface area contributed by atoms with Crippen LogP contribution in [0.25, 0.3) is 0 Å². The number of hydrogen-bond donors (Lipinski definition) is 2. The highest BCUT2D eigenvalue weighted by atomic mass is 32.2. The van der Waals surface area contributed by atoms with Crippen molar-refractivity contribution in [1.82, 2.24) is 14.8 Å². The number of aliphatic hydroxyl groups excluding tert-OH is 1. The van der Waals surface area contributed by atoms with Gasteiger partial charge in [0.1, 0.15) is 5.82 Å². The number of nitrogens with zero attached hydrogens (tertiary/aromatic N) is 3. The van der Waals surface area contributed by atoms with Crippen molar-refractivity contribution in [3.05, 3.63) is 5.82 Å². The van der Waals surface area contributed by atoms with Gasteiger partial charge >= 0.3 is 0 Å². The fourth-order valence-corrected chi connectivity index (χ4v) is 3.70. The monoisotopic (exact) mass is 270 g/mol. The van der Waals surface area contributed by atoms with E-state index in [0.717, 1.165) is 36.8 Å². The van der Waals surface area contributed by atoms with Crippen molar-refractivity contribution in [3.8, 4) is 0 Å². The van der Waals surface area contributed by atoms with Gasteiger partial charge in [-0.05, 0) is 19.8 Å². The molecule has 18 heavy (non-hydrogen) atoms. The highest BCUT2D eigenvalue weighted by molar-refractivity contribution is 7.99. The summed E-state index contributed by atoms with van der Waals surface area (Å²) in [7, 11) is 0. The van der Waals surface area contributed by atoms with Gasteiger partial charge in [0, 0.05) is 11.8 Å². The standard InChI is InChI=1S/C12H22N4OS/c1-2-16-11(8-13)14-15-12(16)18-10-7-5-3-4-6-9(10)17/h9-10,17H,2-8,13H2,1H3. The van der Waals surface area contributed by atoms with E-state index in [1.807, 2.05) is 4.57 Å². The summed E-state index contributed by atoms with van der Waals surface area (Å²) in [5.41, 5.74) is 5.64. The Kier molecular flexibility index (Phi) is 5.03. The minimum Gasteiger partial charge on any atom is -0.392 e. The van der Waals surface area contributed by atoms with Crippen LogP contribution in [0.3, 0.4) is 0 Å². The second-order valence-corrected chi connectivity index (χ2v) is 5.92. The van der Waals surface area contributed by atoms with Crippen molar-refractivity contribution in [2.45, 2.75) is 68.6 Å². The van der Waals surface area contributed by atoms with Crippen molar-refractivity contribution >= 4 is 11.8 Å². The molecule has 6 heteroatoms. The Morgan fingerprint density at radius 1 is 1.33 bits per heavy atom. The summed E-state index contributed by atoms with van der Waals surface area (Å²) in [5, 5.41) is 19.6. The maximum Gasteiger partial charge on any atom is 0.191 e. The van der Waals surface area contributed by atoms with Crippen LogP contribution in [0.4, 0.5) is 0 Å². The van der Waals surface area contributed by atoms with Crippen LogP contribution in [-0.4, -0.2) is 31.2 Å². The molecule has 3 N–H and O–H groups in total. The molecule has 1 aliphatic rings. The van der Waals surface area contributed by atoms with Gasteiger partial charge in [0.25, 0.3) is 0 Å². The summed E-state index contributed by atoms with van der Waals surface area (Å²) < 4.78 is 2.04. The minimum absolute atomic E-state index is 0.221. The van der Waals surface area contributed by atoms with Gasteiger partial charge in [-0.1, -0.05) is 31.0 Å². The van der Waals surface area contributed by atoms with Crippen LogP contribution in [0, 0.1) is 0 Å². The number of hydrogen-bond acceptors (Lipinski definition) is 5. The van der Waals surface area contributed by atoms with Gasteiger partial charge < -0.3 is 15.4 Å². The maximum absolute atomic E-state index is 10.1. The molecule has 0 spiro atoms. The first-order valence-electron chi connectivity index (χ1n) is 6.73. The SMILES string of the molecule is CCn1c(CN)nnc1SC1CCCCCC1O. The number of thioether (sulfide) groups is 1. The molecule has 0 bridgehead atoms. The van der Waals surface area contributed by atoms with E-state index in [1.54, 1.807) is 11.8 Å². The van der Waals surface area contributed by atoms with Crippen LogP contribution < -0.4 is 5.73 Å². The Hall–Kier alpha value is -0.590. The molecule has 1 saturated carbocycles. The lowest BCUT2D eigenvalue weighted by Gasteiger charge is -2.19. The number of aliphatic hydroxyl groups is 1. The molecule has 0 aromatic carbocycles. The van der Waals surface area contributed by atoms with Crippen LogP contribution in [0.15, 0.2) is 5.16 Å². The smallest absolute Gasteiger partial charge is 0.191 e. The van der Waals surface area contributed by atoms with Gasteiger partial charge in [-0.15, -0.1) is 10.2 Å². The van der Waals surface area contributed by atoms with Crippen LogP contribution in [0.1, 0.15) is 44.9 Å². The molecular weight excluding hydrogens is 248 g/mol. The molecule has 5 nitrogen and oxygen atoms in total. The molecule has 0 amide bonds. The summed E-state index contributed by atoms with van der Waals surface area (Å²) in [6, 6.07) is 0. The highest BCUT2D eigenvalue weighted by Gasteiger charge is 2.25. The van der Waals surface area contributed by atoms with Crippen LogP contribution in [-0.2, 0) is 13.1 Å². The van der Waals surface area contributed by atoms with E-state index < -0.39 is 0 Å². The third-order valence-corrected chi connectivity index (χ3v) is 4.83. The van der Waals surface area contributed by atoms with Crippen molar-refractivity contribution in [2.24, 2.45) is 5.73 Å². The Balaban J connectivity index is 2.09. The summed E-state index contributed by atoms with van der Waals surface area (Å²) in [5.74, 6) is 0.822. The normalized spacial score (nSPS) is 25.1. The molecule has 0 aliphatic heterocycles. The first kappa shape index (κ1) is 13.8. The Labute approximate surface area is 112 Å². The number of aromatic nitrogens is 3. The van der Waals surface area contributed by atoms with E-state index in [2.05, 4.69) is 17.1 Å². The first-order chi connectivity index (χ1) is 8.76. The summed E-state index contributed by atoms with van der Waals surface area (Å²) in [6.45, 7) is 3.30. The number of nitrogens with two attached hydrogens (primary N) is 1. The van der Waals surface area contributed by atoms with Gasteiger partial charge in [-0.3, -0.25) is 0 Å². The fraction of sp³-hybridized carbons (Fsp3) is 0.833. The van der Waals surface area contributed by atoms with Crippen molar-refractivity contribution < 1.29 is 5.11 Å². The zero-order valence-corrected chi connectivity index (χ0v) is 11.7. The van der Waals surface area contributed by atoms with Crippen LogP contribution >= 0.6 is 11.8 Å². The molecule has 1 aromatic rings. The van der Waals surface area contributed by atoms with E-state index in [1.165, 1.54) is 12.8 Å². The first-order valence-corrected chi connectivity index (χ1v) is 7.61. The van der Waals surface area contributed by atoms with Gasteiger partial charge in [0.2, 0.25) is 0 Å². The van der Waals surface area contributed by atoms with Crippen LogP contribution in [0.5, 0.6) is 0 Å². The van der Waals surface area contributed by atoms with Gasteiger partial charge in [0.15, 0.2) is 5.16 Å². The minimum atomic E-state index is -0.221. The topological polar surface area (TPSA) is 77.0 Å². The third kappa shape index (κ3) is 3.05. The third-order valence-electron chi connectivity index (χ3n) is 3.47. The summed E-state index contributed by atoms with van der Waals surface area (Å²) in [4.78, 5) is 0. The second kappa shape index (κ2) is 6.54. The zero-order chi connectivity index (χ0) is 13.0. The highest BCUT2D eigenvalue weighted by Crippen LogP contribution is 2.32. The van der Waals surface area contributed by atoms with E-state index in [9.17, 15) is 5.11 Å². The fourth-order valence-electron chi connectivity index (χ4n) is 2.40. The second-order valence-electron chi connectivity index (χ2n) is 4.71. The average Bonchev–Trinajstić information content (AvgIpc) is 2.67. The molecule has 1 aromatic heterocycles. The molecule has 1 heterocycles. The molecule has 0 saturated heterocycles. The van der Waals surface area contributed by atoms with Crippen molar-refractivity contribution in [1.29, 1.82) is 0 Å². The largest absolute Gasteiger partial charge is 0.392 e. The lowest BCUT2D eigenvalue weighted by Crippen LogP contribution is -2.22. The molecule has 2 unspecified atom stereocenters. The molecule has 1 aliphatic carbocycles.